The van der Waals surface area contributed by atoms with Crippen LogP contribution < -0.4 is 10.6 Å². The van der Waals surface area contributed by atoms with Crippen molar-refractivity contribution < 1.29 is 0 Å². The Bertz CT molecular complexity index is 486. The molecule has 2 aromatic rings. The van der Waals surface area contributed by atoms with Gasteiger partial charge in [0, 0.05) is 44.0 Å². The maximum absolute atomic E-state index is 4.46. The molecule has 5 heteroatoms. The third kappa shape index (κ3) is 4.63. The summed E-state index contributed by atoms with van der Waals surface area (Å²) in [6.07, 6.45) is 5.33. The summed E-state index contributed by atoms with van der Waals surface area (Å²) < 4.78 is 0. The van der Waals surface area contributed by atoms with Crippen molar-refractivity contribution in [3.05, 3.63) is 48.2 Å². The number of anilines is 1. The SMILES string of the molecule is CNCCc1nccc(NCCc2ccccn2)n1. The topological polar surface area (TPSA) is 62.7 Å². The van der Waals surface area contributed by atoms with Gasteiger partial charge in [-0.15, -0.1) is 0 Å². The van der Waals surface area contributed by atoms with Gasteiger partial charge in [0.15, 0.2) is 0 Å². The number of hydrogen-bond acceptors (Lipinski definition) is 5. The normalized spacial score (nSPS) is 10.4. The minimum Gasteiger partial charge on any atom is -0.370 e. The first kappa shape index (κ1) is 13.4. The molecule has 0 fully saturated rings. The molecular weight excluding hydrogens is 238 g/mol. The molecule has 0 aliphatic rings. The number of nitrogens with one attached hydrogen (secondary N) is 2. The molecule has 19 heavy (non-hydrogen) atoms. The summed E-state index contributed by atoms with van der Waals surface area (Å²) in [5.41, 5.74) is 1.08. The Labute approximate surface area is 113 Å². The van der Waals surface area contributed by atoms with E-state index in [2.05, 4.69) is 25.6 Å². The fourth-order valence-corrected chi connectivity index (χ4v) is 1.72. The van der Waals surface area contributed by atoms with E-state index in [-0.39, 0.29) is 0 Å². The van der Waals surface area contributed by atoms with E-state index in [0.29, 0.717) is 0 Å². The molecule has 0 radical (unpaired) electrons. The lowest BCUT2D eigenvalue weighted by Crippen LogP contribution is -2.13. The lowest BCUT2D eigenvalue weighted by atomic mass is 10.3. The highest BCUT2D eigenvalue weighted by atomic mass is 15.0. The van der Waals surface area contributed by atoms with Crippen molar-refractivity contribution in [1.29, 1.82) is 0 Å². The van der Waals surface area contributed by atoms with Crippen molar-refractivity contribution in [3.8, 4) is 0 Å². The predicted molar refractivity (Wildman–Crippen MR) is 76.1 cm³/mol. The van der Waals surface area contributed by atoms with Crippen molar-refractivity contribution in [1.82, 2.24) is 20.3 Å². The lowest BCUT2D eigenvalue weighted by molar-refractivity contribution is 0.755. The van der Waals surface area contributed by atoms with E-state index in [0.717, 1.165) is 43.3 Å². The average Bonchev–Trinajstić information content (AvgIpc) is 2.47. The van der Waals surface area contributed by atoms with Gasteiger partial charge in [0.1, 0.15) is 11.6 Å². The highest BCUT2D eigenvalue weighted by Crippen LogP contribution is 2.03. The molecule has 0 saturated heterocycles. The molecule has 0 amide bonds. The van der Waals surface area contributed by atoms with Crippen LogP contribution in [0.2, 0.25) is 0 Å². The van der Waals surface area contributed by atoms with E-state index in [4.69, 9.17) is 0 Å². The van der Waals surface area contributed by atoms with Crippen LogP contribution >= 0.6 is 0 Å². The summed E-state index contributed by atoms with van der Waals surface area (Å²) >= 11 is 0. The van der Waals surface area contributed by atoms with Crippen LogP contribution in [0.15, 0.2) is 36.7 Å². The molecule has 0 aliphatic heterocycles. The first-order chi connectivity index (χ1) is 9.38. The molecule has 0 aliphatic carbocycles. The second-order valence-electron chi connectivity index (χ2n) is 4.21. The number of aromatic nitrogens is 3. The maximum Gasteiger partial charge on any atom is 0.131 e. The molecule has 0 saturated carbocycles. The fraction of sp³-hybridized carbons (Fsp3) is 0.357. The molecule has 0 unspecified atom stereocenters. The van der Waals surface area contributed by atoms with Crippen LogP contribution in [-0.4, -0.2) is 35.1 Å². The van der Waals surface area contributed by atoms with Crippen LogP contribution in [0.25, 0.3) is 0 Å². The second-order valence-corrected chi connectivity index (χ2v) is 4.21. The number of rotatable bonds is 7. The second kappa shape index (κ2) is 7.43. The third-order valence-electron chi connectivity index (χ3n) is 2.72. The van der Waals surface area contributed by atoms with Crippen LogP contribution in [0, 0.1) is 0 Å². The summed E-state index contributed by atoms with van der Waals surface area (Å²) in [5.74, 6) is 1.73. The van der Waals surface area contributed by atoms with Crippen LogP contribution in [-0.2, 0) is 12.8 Å². The van der Waals surface area contributed by atoms with Gasteiger partial charge in [-0.1, -0.05) is 6.07 Å². The van der Waals surface area contributed by atoms with Crippen LogP contribution in [0.4, 0.5) is 5.82 Å². The lowest BCUT2D eigenvalue weighted by Gasteiger charge is -2.06. The van der Waals surface area contributed by atoms with Crippen molar-refractivity contribution in [2.24, 2.45) is 0 Å². The number of likely N-dealkylation sites (N-methyl/N-ethyl adjacent to an activating group) is 1. The Hall–Kier alpha value is -2.01. The van der Waals surface area contributed by atoms with Gasteiger partial charge >= 0.3 is 0 Å². The summed E-state index contributed by atoms with van der Waals surface area (Å²) in [4.78, 5) is 13.0. The van der Waals surface area contributed by atoms with Crippen molar-refractivity contribution >= 4 is 5.82 Å². The highest BCUT2D eigenvalue weighted by Gasteiger charge is 1.99. The summed E-state index contributed by atoms with van der Waals surface area (Å²) in [6.45, 7) is 1.71. The Balaban J connectivity index is 1.82. The Kier molecular flexibility index (Phi) is 5.25. The largest absolute Gasteiger partial charge is 0.370 e. The van der Waals surface area contributed by atoms with E-state index in [1.807, 2.05) is 37.5 Å². The van der Waals surface area contributed by atoms with Gasteiger partial charge in [0.05, 0.1) is 0 Å². The fourth-order valence-electron chi connectivity index (χ4n) is 1.72. The Morgan fingerprint density at radius 3 is 2.74 bits per heavy atom. The van der Waals surface area contributed by atoms with Gasteiger partial charge in [0.25, 0.3) is 0 Å². The van der Waals surface area contributed by atoms with E-state index in [1.165, 1.54) is 0 Å². The first-order valence-corrected chi connectivity index (χ1v) is 6.49. The van der Waals surface area contributed by atoms with E-state index < -0.39 is 0 Å². The number of nitrogens with zero attached hydrogens (tertiary/aromatic N) is 3. The third-order valence-corrected chi connectivity index (χ3v) is 2.72. The highest BCUT2D eigenvalue weighted by molar-refractivity contribution is 5.33. The van der Waals surface area contributed by atoms with Crippen LogP contribution in [0.3, 0.4) is 0 Å². The molecule has 2 rings (SSSR count). The molecule has 0 aromatic carbocycles. The molecule has 2 aromatic heterocycles. The van der Waals surface area contributed by atoms with Crippen LogP contribution in [0.1, 0.15) is 11.5 Å². The minimum absolute atomic E-state index is 0.819. The predicted octanol–water partition coefficient (Wildman–Crippen LogP) is 1.29. The zero-order chi connectivity index (χ0) is 13.3. The average molecular weight is 257 g/mol. The smallest absolute Gasteiger partial charge is 0.131 e. The van der Waals surface area contributed by atoms with Gasteiger partial charge in [0.2, 0.25) is 0 Å². The zero-order valence-corrected chi connectivity index (χ0v) is 11.1. The van der Waals surface area contributed by atoms with Gasteiger partial charge in [-0.05, 0) is 25.2 Å². The van der Waals surface area contributed by atoms with Gasteiger partial charge in [-0.25, -0.2) is 9.97 Å². The quantitative estimate of drug-likeness (QED) is 0.782. The molecule has 5 nitrogen and oxygen atoms in total. The number of pyridine rings is 1. The van der Waals surface area contributed by atoms with E-state index in [1.54, 1.807) is 6.20 Å². The zero-order valence-electron chi connectivity index (χ0n) is 11.1. The van der Waals surface area contributed by atoms with Crippen molar-refractivity contribution in [2.45, 2.75) is 12.8 Å². The van der Waals surface area contributed by atoms with Gasteiger partial charge in [-0.3, -0.25) is 4.98 Å². The van der Waals surface area contributed by atoms with Gasteiger partial charge in [-0.2, -0.15) is 0 Å². The summed E-state index contributed by atoms with van der Waals surface area (Å²) in [6, 6.07) is 7.85. The molecule has 100 valence electrons. The molecular formula is C14H19N5. The minimum atomic E-state index is 0.819. The molecule has 0 spiro atoms. The summed E-state index contributed by atoms with van der Waals surface area (Å²) in [7, 11) is 1.93. The monoisotopic (exact) mass is 257 g/mol. The molecule has 0 atom stereocenters. The summed E-state index contributed by atoms with van der Waals surface area (Å²) in [5, 5.41) is 6.39. The molecule has 0 bridgehead atoms. The first-order valence-electron chi connectivity index (χ1n) is 6.49. The van der Waals surface area contributed by atoms with Gasteiger partial charge < -0.3 is 10.6 Å². The van der Waals surface area contributed by atoms with E-state index >= 15 is 0 Å². The maximum atomic E-state index is 4.46. The van der Waals surface area contributed by atoms with Crippen molar-refractivity contribution in [2.75, 3.05) is 25.5 Å². The van der Waals surface area contributed by atoms with Crippen LogP contribution in [0.5, 0.6) is 0 Å². The molecule has 2 heterocycles. The van der Waals surface area contributed by atoms with Crippen molar-refractivity contribution in [3.63, 3.8) is 0 Å². The molecule has 2 N–H and O–H groups in total. The van der Waals surface area contributed by atoms with E-state index in [9.17, 15) is 0 Å². The number of hydrogen-bond donors (Lipinski definition) is 2. The standard InChI is InChI=1S/C14H19N5/c1-15-9-6-13-18-11-7-14(19-13)17-10-5-12-4-2-3-8-16-12/h2-4,7-8,11,15H,5-6,9-10H2,1H3,(H,17,18,19). The Morgan fingerprint density at radius 1 is 1.00 bits per heavy atom. The Morgan fingerprint density at radius 2 is 1.95 bits per heavy atom.